The first-order valence-corrected chi connectivity index (χ1v) is 8.46. The third kappa shape index (κ3) is 3.47. The molecular formula is C16H12Cl2N2O2S. The molecule has 1 saturated heterocycles. The second kappa shape index (κ2) is 6.83. The van der Waals surface area contributed by atoms with Gasteiger partial charge in [-0.25, -0.2) is 5.01 Å². The highest BCUT2D eigenvalue weighted by molar-refractivity contribution is 8.01. The minimum absolute atomic E-state index is 0.226. The number of hydrogen-bond donors (Lipinski definition) is 1. The number of thioether (sulfide) groups is 1. The molecule has 23 heavy (non-hydrogen) atoms. The molecule has 0 radical (unpaired) electrons. The predicted octanol–water partition coefficient (Wildman–Crippen LogP) is 3.53. The average Bonchev–Trinajstić information content (AvgIpc) is 2.79. The topological polar surface area (TPSA) is 49.4 Å². The first-order chi connectivity index (χ1) is 11.1. The van der Waals surface area contributed by atoms with Crippen LogP contribution in [0.1, 0.15) is 5.56 Å². The monoisotopic (exact) mass is 366 g/mol. The van der Waals surface area contributed by atoms with Crippen molar-refractivity contribution < 1.29 is 9.59 Å². The number of benzene rings is 2. The van der Waals surface area contributed by atoms with E-state index in [1.807, 2.05) is 24.3 Å². The molecule has 2 aromatic rings. The standard InChI is InChI=1S/C16H12Cl2N2O2S/c17-11-6-2-1-5-10(11)9-20-16(22)14(15(21)19-20)23-13-8-4-3-7-12(13)18/h1-8,14H,9H2,(H,19,21). The molecule has 1 heterocycles. The van der Waals surface area contributed by atoms with Crippen molar-refractivity contribution in [1.82, 2.24) is 10.4 Å². The molecule has 1 N–H and O–H groups in total. The van der Waals surface area contributed by atoms with Crippen LogP contribution >= 0.6 is 35.0 Å². The summed E-state index contributed by atoms with van der Waals surface area (Å²) in [5.74, 6) is -0.660. The van der Waals surface area contributed by atoms with E-state index >= 15 is 0 Å². The van der Waals surface area contributed by atoms with Gasteiger partial charge in [-0.1, -0.05) is 53.5 Å². The maximum Gasteiger partial charge on any atom is 0.264 e. The average molecular weight is 367 g/mol. The Kier molecular flexibility index (Phi) is 4.80. The highest BCUT2D eigenvalue weighted by atomic mass is 35.5. The number of nitrogens with zero attached hydrogens (tertiary/aromatic N) is 1. The van der Waals surface area contributed by atoms with E-state index in [-0.39, 0.29) is 18.4 Å². The van der Waals surface area contributed by atoms with Gasteiger partial charge in [0.1, 0.15) is 0 Å². The zero-order valence-electron chi connectivity index (χ0n) is 11.8. The molecule has 0 bridgehead atoms. The molecule has 0 aromatic heterocycles. The fraction of sp³-hybridized carbons (Fsp3) is 0.125. The van der Waals surface area contributed by atoms with Crippen LogP contribution in [-0.2, 0) is 16.1 Å². The molecule has 1 atom stereocenters. The Morgan fingerprint density at radius 3 is 2.35 bits per heavy atom. The van der Waals surface area contributed by atoms with Gasteiger partial charge in [0.05, 0.1) is 11.6 Å². The Morgan fingerprint density at radius 1 is 1.00 bits per heavy atom. The van der Waals surface area contributed by atoms with Crippen molar-refractivity contribution in [2.24, 2.45) is 0 Å². The van der Waals surface area contributed by atoms with E-state index < -0.39 is 5.25 Å². The van der Waals surface area contributed by atoms with Gasteiger partial charge in [0, 0.05) is 9.92 Å². The molecule has 2 aromatic carbocycles. The maximum absolute atomic E-state index is 12.5. The third-order valence-corrected chi connectivity index (χ3v) is 5.41. The zero-order chi connectivity index (χ0) is 16.4. The number of amides is 2. The molecule has 2 amide bonds. The lowest BCUT2D eigenvalue weighted by atomic mass is 10.2. The number of rotatable bonds is 4. The van der Waals surface area contributed by atoms with E-state index in [2.05, 4.69) is 5.43 Å². The van der Waals surface area contributed by atoms with Gasteiger partial charge in [0.2, 0.25) is 0 Å². The van der Waals surface area contributed by atoms with Gasteiger partial charge in [-0.3, -0.25) is 15.0 Å². The maximum atomic E-state index is 12.5. The Morgan fingerprint density at radius 2 is 1.65 bits per heavy atom. The molecule has 1 fully saturated rings. The molecule has 1 aliphatic rings. The molecule has 3 rings (SSSR count). The number of carbonyl (C=O) groups is 2. The van der Waals surface area contributed by atoms with Crippen LogP contribution in [0.4, 0.5) is 0 Å². The number of hydrazine groups is 1. The van der Waals surface area contributed by atoms with Gasteiger partial charge in [0.25, 0.3) is 11.8 Å². The zero-order valence-corrected chi connectivity index (χ0v) is 14.2. The third-order valence-electron chi connectivity index (χ3n) is 3.34. The number of hydrogen-bond acceptors (Lipinski definition) is 3. The number of halogens is 2. The van der Waals surface area contributed by atoms with Crippen LogP contribution < -0.4 is 5.43 Å². The summed E-state index contributed by atoms with van der Waals surface area (Å²) < 4.78 is 0. The molecule has 4 nitrogen and oxygen atoms in total. The van der Waals surface area contributed by atoms with Crippen molar-refractivity contribution in [1.29, 1.82) is 0 Å². The largest absolute Gasteiger partial charge is 0.271 e. The van der Waals surface area contributed by atoms with Crippen LogP contribution in [0.3, 0.4) is 0 Å². The van der Waals surface area contributed by atoms with Crippen molar-refractivity contribution in [3.8, 4) is 0 Å². The summed E-state index contributed by atoms with van der Waals surface area (Å²) in [5.41, 5.74) is 3.36. The number of carbonyl (C=O) groups excluding carboxylic acids is 2. The van der Waals surface area contributed by atoms with Gasteiger partial charge in [-0.15, -0.1) is 11.8 Å². The summed E-state index contributed by atoms with van der Waals surface area (Å²) in [4.78, 5) is 25.3. The molecule has 0 spiro atoms. The van der Waals surface area contributed by atoms with E-state index in [0.29, 0.717) is 14.9 Å². The minimum atomic E-state index is -0.850. The predicted molar refractivity (Wildman–Crippen MR) is 91.2 cm³/mol. The summed E-state index contributed by atoms with van der Waals surface area (Å²) in [5, 5.41) is 1.51. The highest BCUT2D eigenvalue weighted by Crippen LogP contribution is 2.33. The van der Waals surface area contributed by atoms with E-state index in [9.17, 15) is 9.59 Å². The summed E-state index contributed by atoms with van der Waals surface area (Å²) in [6.07, 6.45) is 0. The van der Waals surface area contributed by atoms with E-state index in [1.54, 1.807) is 24.3 Å². The van der Waals surface area contributed by atoms with Gasteiger partial charge < -0.3 is 0 Å². The summed E-state index contributed by atoms with van der Waals surface area (Å²) in [6, 6.07) is 14.3. The van der Waals surface area contributed by atoms with E-state index in [4.69, 9.17) is 23.2 Å². The quantitative estimate of drug-likeness (QED) is 0.842. The molecule has 1 unspecified atom stereocenters. The van der Waals surface area contributed by atoms with Crippen LogP contribution in [0.15, 0.2) is 53.4 Å². The van der Waals surface area contributed by atoms with Gasteiger partial charge in [-0.05, 0) is 23.8 Å². The summed E-state index contributed by atoms with van der Waals surface area (Å²) >= 11 is 13.3. The van der Waals surface area contributed by atoms with Gasteiger partial charge in [-0.2, -0.15) is 0 Å². The smallest absolute Gasteiger partial charge is 0.264 e. The molecule has 7 heteroatoms. The number of nitrogens with one attached hydrogen (secondary N) is 1. The lowest BCUT2D eigenvalue weighted by Gasteiger charge is -2.16. The van der Waals surface area contributed by atoms with Gasteiger partial charge >= 0.3 is 0 Å². The van der Waals surface area contributed by atoms with Gasteiger partial charge in [0.15, 0.2) is 5.25 Å². The first kappa shape index (κ1) is 16.2. The fourth-order valence-corrected chi connectivity index (χ4v) is 3.63. The Labute approximate surface area is 147 Å². The fourth-order valence-electron chi connectivity index (χ4n) is 2.19. The van der Waals surface area contributed by atoms with Crippen LogP contribution in [0.5, 0.6) is 0 Å². The molecule has 0 saturated carbocycles. The van der Waals surface area contributed by atoms with Crippen LogP contribution in [0, 0.1) is 0 Å². The second-order valence-electron chi connectivity index (χ2n) is 4.92. The Bertz CT molecular complexity index is 769. The summed E-state index contributed by atoms with van der Waals surface area (Å²) in [7, 11) is 0. The molecule has 118 valence electrons. The first-order valence-electron chi connectivity index (χ1n) is 6.83. The van der Waals surface area contributed by atoms with Crippen molar-refractivity contribution in [3.05, 3.63) is 64.1 Å². The van der Waals surface area contributed by atoms with Crippen molar-refractivity contribution in [2.75, 3.05) is 0 Å². The van der Waals surface area contributed by atoms with Crippen LogP contribution in [0.2, 0.25) is 10.0 Å². The SMILES string of the molecule is O=C1NN(Cc2ccccc2Cl)C(=O)C1Sc1ccccc1Cl. The van der Waals surface area contributed by atoms with Crippen molar-refractivity contribution >= 4 is 46.8 Å². The lowest BCUT2D eigenvalue weighted by Crippen LogP contribution is -2.35. The van der Waals surface area contributed by atoms with Crippen molar-refractivity contribution in [2.45, 2.75) is 16.7 Å². The van der Waals surface area contributed by atoms with E-state index in [1.165, 1.54) is 5.01 Å². The lowest BCUT2D eigenvalue weighted by molar-refractivity contribution is -0.130. The molecule has 0 aliphatic carbocycles. The molecule has 1 aliphatic heterocycles. The van der Waals surface area contributed by atoms with Crippen LogP contribution in [-0.4, -0.2) is 22.1 Å². The second-order valence-corrected chi connectivity index (χ2v) is 6.88. The summed E-state index contributed by atoms with van der Waals surface area (Å²) in [6.45, 7) is 0.226. The molecular weight excluding hydrogens is 355 g/mol. The normalized spacial score (nSPS) is 17.5. The van der Waals surface area contributed by atoms with Crippen molar-refractivity contribution in [3.63, 3.8) is 0 Å². The van der Waals surface area contributed by atoms with E-state index in [0.717, 1.165) is 17.3 Å². The minimum Gasteiger partial charge on any atom is -0.271 e. The van der Waals surface area contributed by atoms with Crippen LogP contribution in [0.25, 0.3) is 0 Å². The Balaban J connectivity index is 1.75. The Hall–Kier alpha value is -1.69. The highest BCUT2D eigenvalue weighted by Gasteiger charge is 2.40.